The quantitative estimate of drug-likeness (QED) is 0.746. The lowest BCUT2D eigenvalue weighted by molar-refractivity contribution is -0.142. The van der Waals surface area contributed by atoms with E-state index >= 15 is 0 Å². The van der Waals surface area contributed by atoms with Crippen molar-refractivity contribution in [2.24, 2.45) is 5.73 Å². The summed E-state index contributed by atoms with van der Waals surface area (Å²) in [7, 11) is 0. The molecule has 0 aliphatic heterocycles. The van der Waals surface area contributed by atoms with Crippen LogP contribution in [-0.4, -0.2) is 22.4 Å². The van der Waals surface area contributed by atoms with E-state index in [4.69, 9.17) is 10.8 Å². The Balaban J connectivity index is 2.24. The average molecular weight is 267 g/mol. The van der Waals surface area contributed by atoms with Gasteiger partial charge in [0.1, 0.15) is 5.54 Å². The van der Waals surface area contributed by atoms with Gasteiger partial charge in [-0.3, -0.25) is 4.79 Å². The molecule has 4 heteroatoms. The molecule has 0 spiro atoms. The zero-order chi connectivity index (χ0) is 13.6. The topological polar surface area (TPSA) is 63.3 Å². The lowest BCUT2D eigenvalue weighted by Crippen LogP contribution is -2.44. The van der Waals surface area contributed by atoms with Crippen molar-refractivity contribution in [3.63, 3.8) is 0 Å². The first kappa shape index (κ1) is 15.1. The van der Waals surface area contributed by atoms with E-state index in [1.54, 1.807) is 6.92 Å². The Morgan fingerprint density at radius 1 is 1.44 bits per heavy atom. The van der Waals surface area contributed by atoms with Gasteiger partial charge in [0.25, 0.3) is 0 Å². The Morgan fingerprint density at radius 2 is 2.11 bits per heavy atom. The molecule has 0 bridgehead atoms. The third-order valence-electron chi connectivity index (χ3n) is 2.99. The van der Waals surface area contributed by atoms with Gasteiger partial charge in [-0.2, -0.15) is 11.8 Å². The normalized spacial score (nSPS) is 14.2. The summed E-state index contributed by atoms with van der Waals surface area (Å²) in [5, 5.41) is 8.88. The highest BCUT2D eigenvalue weighted by Gasteiger charge is 2.26. The first-order valence-electron chi connectivity index (χ1n) is 6.08. The number of hydrogen-bond acceptors (Lipinski definition) is 3. The average Bonchev–Trinajstić information content (AvgIpc) is 2.30. The van der Waals surface area contributed by atoms with Gasteiger partial charge in [0.15, 0.2) is 0 Å². The summed E-state index contributed by atoms with van der Waals surface area (Å²) in [6.07, 6.45) is 1.35. The Kier molecular flexibility index (Phi) is 5.69. The van der Waals surface area contributed by atoms with E-state index in [-0.39, 0.29) is 0 Å². The van der Waals surface area contributed by atoms with Crippen molar-refractivity contribution >= 4 is 17.7 Å². The Bertz CT molecular complexity index is 405. The fourth-order valence-corrected chi connectivity index (χ4v) is 2.64. The highest BCUT2D eigenvalue weighted by atomic mass is 32.2. The molecule has 0 aliphatic carbocycles. The minimum Gasteiger partial charge on any atom is -0.480 e. The van der Waals surface area contributed by atoms with Crippen LogP contribution in [0.15, 0.2) is 24.3 Å². The molecular formula is C14H21NO2S. The van der Waals surface area contributed by atoms with E-state index in [9.17, 15) is 4.79 Å². The van der Waals surface area contributed by atoms with Crippen LogP contribution in [0.5, 0.6) is 0 Å². The van der Waals surface area contributed by atoms with Crippen LogP contribution < -0.4 is 5.73 Å². The van der Waals surface area contributed by atoms with E-state index in [1.165, 1.54) is 11.1 Å². The lowest BCUT2D eigenvalue weighted by Gasteiger charge is -2.18. The number of thioether (sulfide) groups is 1. The van der Waals surface area contributed by atoms with Crippen LogP contribution in [0.4, 0.5) is 0 Å². The van der Waals surface area contributed by atoms with Gasteiger partial charge < -0.3 is 10.8 Å². The molecule has 1 unspecified atom stereocenters. The molecule has 3 nitrogen and oxygen atoms in total. The van der Waals surface area contributed by atoms with Crippen LogP contribution in [0, 0.1) is 6.92 Å². The van der Waals surface area contributed by atoms with Crippen molar-refractivity contribution in [3.8, 4) is 0 Å². The monoisotopic (exact) mass is 267 g/mol. The van der Waals surface area contributed by atoms with Crippen LogP contribution >= 0.6 is 11.8 Å². The molecule has 3 N–H and O–H groups in total. The number of carboxylic acids is 1. The molecule has 0 radical (unpaired) electrons. The van der Waals surface area contributed by atoms with E-state index < -0.39 is 11.5 Å². The van der Waals surface area contributed by atoms with Crippen molar-refractivity contribution < 1.29 is 9.90 Å². The van der Waals surface area contributed by atoms with Gasteiger partial charge in [-0.05, 0) is 43.6 Å². The summed E-state index contributed by atoms with van der Waals surface area (Å²) in [4.78, 5) is 10.8. The molecule has 0 saturated carbocycles. The number of carbonyl (C=O) groups is 1. The van der Waals surface area contributed by atoms with E-state index in [0.29, 0.717) is 6.42 Å². The predicted octanol–water partition coefficient (Wildman–Crippen LogP) is 2.81. The molecule has 1 aromatic carbocycles. The van der Waals surface area contributed by atoms with Crippen molar-refractivity contribution in [2.45, 2.75) is 38.0 Å². The van der Waals surface area contributed by atoms with Crippen LogP contribution in [-0.2, 0) is 10.5 Å². The van der Waals surface area contributed by atoms with Gasteiger partial charge in [-0.15, -0.1) is 0 Å². The zero-order valence-corrected chi connectivity index (χ0v) is 11.8. The summed E-state index contributed by atoms with van der Waals surface area (Å²) in [6.45, 7) is 3.68. The molecule has 18 heavy (non-hydrogen) atoms. The lowest BCUT2D eigenvalue weighted by atomic mass is 9.98. The number of benzene rings is 1. The Hall–Kier alpha value is -1.00. The molecule has 1 aromatic rings. The van der Waals surface area contributed by atoms with Crippen LogP contribution in [0.1, 0.15) is 30.9 Å². The number of nitrogens with two attached hydrogens (primary N) is 1. The Morgan fingerprint density at radius 3 is 2.72 bits per heavy atom. The predicted molar refractivity (Wildman–Crippen MR) is 76.8 cm³/mol. The molecule has 1 atom stereocenters. The third-order valence-corrected chi connectivity index (χ3v) is 4.08. The summed E-state index contributed by atoms with van der Waals surface area (Å²) in [6, 6.07) is 8.32. The maximum atomic E-state index is 10.8. The van der Waals surface area contributed by atoms with Gasteiger partial charge >= 0.3 is 5.97 Å². The van der Waals surface area contributed by atoms with Crippen molar-refractivity contribution in [2.75, 3.05) is 5.75 Å². The smallest absolute Gasteiger partial charge is 0.323 e. The summed E-state index contributed by atoms with van der Waals surface area (Å²) in [5.74, 6) is 0.988. The maximum absolute atomic E-state index is 10.8. The van der Waals surface area contributed by atoms with E-state index in [2.05, 4.69) is 19.1 Å². The molecule has 0 saturated heterocycles. The van der Waals surface area contributed by atoms with Crippen LogP contribution in [0.25, 0.3) is 0 Å². The standard InChI is InChI=1S/C14H21NO2S/c1-11-6-3-4-7-12(11)10-18-9-5-8-14(2,15)13(16)17/h3-4,6-7H,5,8-10,15H2,1-2H3,(H,16,17). The highest BCUT2D eigenvalue weighted by Crippen LogP contribution is 2.18. The summed E-state index contributed by atoms with van der Waals surface area (Å²) in [5.41, 5.74) is 7.22. The molecule has 0 aliphatic rings. The number of aryl methyl sites for hydroxylation is 1. The second-order valence-corrected chi connectivity index (χ2v) is 5.91. The molecule has 0 fully saturated rings. The first-order chi connectivity index (χ1) is 8.43. The second kappa shape index (κ2) is 6.81. The number of rotatable bonds is 7. The summed E-state index contributed by atoms with van der Waals surface area (Å²) >= 11 is 1.82. The van der Waals surface area contributed by atoms with Crippen LogP contribution in [0.2, 0.25) is 0 Å². The van der Waals surface area contributed by atoms with Gasteiger partial charge in [0.2, 0.25) is 0 Å². The van der Waals surface area contributed by atoms with E-state index in [0.717, 1.165) is 17.9 Å². The number of aliphatic carboxylic acids is 1. The molecule has 100 valence electrons. The SMILES string of the molecule is Cc1ccccc1CSCCCC(C)(N)C(=O)O. The van der Waals surface area contributed by atoms with Crippen molar-refractivity contribution in [1.29, 1.82) is 0 Å². The molecule has 0 amide bonds. The van der Waals surface area contributed by atoms with Crippen molar-refractivity contribution in [3.05, 3.63) is 35.4 Å². The number of hydrogen-bond donors (Lipinski definition) is 2. The second-order valence-electron chi connectivity index (χ2n) is 4.81. The molecule has 1 rings (SSSR count). The van der Waals surface area contributed by atoms with Gasteiger partial charge in [-0.25, -0.2) is 0 Å². The fraction of sp³-hybridized carbons (Fsp3) is 0.500. The number of carboxylic acid groups (broad SMARTS) is 1. The fourth-order valence-electron chi connectivity index (χ4n) is 1.60. The largest absolute Gasteiger partial charge is 0.480 e. The van der Waals surface area contributed by atoms with Gasteiger partial charge in [0.05, 0.1) is 0 Å². The maximum Gasteiger partial charge on any atom is 0.323 e. The van der Waals surface area contributed by atoms with Gasteiger partial charge in [0, 0.05) is 5.75 Å². The summed E-state index contributed by atoms with van der Waals surface area (Å²) < 4.78 is 0. The van der Waals surface area contributed by atoms with E-state index in [1.807, 2.05) is 23.9 Å². The minimum absolute atomic E-state index is 0.517. The molecule has 0 aromatic heterocycles. The van der Waals surface area contributed by atoms with Crippen molar-refractivity contribution in [1.82, 2.24) is 0 Å². The third kappa shape index (κ3) is 4.70. The first-order valence-corrected chi connectivity index (χ1v) is 7.23. The highest BCUT2D eigenvalue weighted by molar-refractivity contribution is 7.98. The van der Waals surface area contributed by atoms with Gasteiger partial charge in [-0.1, -0.05) is 24.3 Å². The molecule has 0 heterocycles. The Labute approximate surface area is 113 Å². The van der Waals surface area contributed by atoms with Crippen LogP contribution in [0.3, 0.4) is 0 Å². The molecular weight excluding hydrogens is 246 g/mol. The minimum atomic E-state index is -1.09. The zero-order valence-electron chi connectivity index (χ0n) is 11.0.